The Hall–Kier alpha value is -1.35. The van der Waals surface area contributed by atoms with Gasteiger partial charge in [-0.2, -0.15) is 0 Å². The number of carbonyl (C=O) groups excluding carboxylic acids is 1. The van der Waals surface area contributed by atoms with Crippen molar-refractivity contribution in [2.75, 3.05) is 31.2 Å². The van der Waals surface area contributed by atoms with Gasteiger partial charge in [-0.1, -0.05) is 18.2 Å². The molecule has 0 amide bonds. The molecule has 1 saturated heterocycles. The summed E-state index contributed by atoms with van der Waals surface area (Å²) < 4.78 is 5.33. The Kier molecular flexibility index (Phi) is 3.57. The highest BCUT2D eigenvalue weighted by Crippen LogP contribution is 2.21. The Labute approximate surface area is 96.0 Å². The molecule has 0 bridgehead atoms. The van der Waals surface area contributed by atoms with Crippen LogP contribution in [0.15, 0.2) is 24.3 Å². The average Bonchev–Trinajstić information content (AvgIpc) is 2.30. The molecule has 0 aliphatic carbocycles. The first-order chi connectivity index (χ1) is 7.77. The van der Waals surface area contributed by atoms with Crippen LogP contribution in [0.1, 0.15) is 12.5 Å². The normalized spacial score (nSPS) is 16.2. The number of para-hydroxylation sites is 1. The van der Waals surface area contributed by atoms with Crippen molar-refractivity contribution in [3.8, 4) is 0 Å². The van der Waals surface area contributed by atoms with Crippen molar-refractivity contribution in [3.05, 3.63) is 29.8 Å². The van der Waals surface area contributed by atoms with E-state index in [1.165, 1.54) is 5.69 Å². The number of ether oxygens (including phenoxy) is 1. The van der Waals surface area contributed by atoms with Crippen LogP contribution in [0.4, 0.5) is 5.69 Å². The fourth-order valence-electron chi connectivity index (χ4n) is 2.04. The molecule has 86 valence electrons. The van der Waals surface area contributed by atoms with Crippen LogP contribution in [-0.2, 0) is 16.0 Å². The van der Waals surface area contributed by atoms with Gasteiger partial charge in [-0.05, 0) is 18.6 Å². The topological polar surface area (TPSA) is 29.5 Å². The minimum Gasteiger partial charge on any atom is -0.378 e. The van der Waals surface area contributed by atoms with Crippen molar-refractivity contribution in [1.29, 1.82) is 0 Å². The van der Waals surface area contributed by atoms with Crippen LogP contribution < -0.4 is 4.90 Å². The Morgan fingerprint density at radius 2 is 2.00 bits per heavy atom. The number of benzene rings is 1. The van der Waals surface area contributed by atoms with E-state index in [-0.39, 0.29) is 5.78 Å². The number of morpholine rings is 1. The Bertz CT molecular complexity index is 370. The third-order valence-corrected chi connectivity index (χ3v) is 2.78. The molecule has 16 heavy (non-hydrogen) atoms. The minimum atomic E-state index is 0.209. The fourth-order valence-corrected chi connectivity index (χ4v) is 2.04. The van der Waals surface area contributed by atoms with Gasteiger partial charge in [-0.15, -0.1) is 0 Å². The third-order valence-electron chi connectivity index (χ3n) is 2.78. The van der Waals surface area contributed by atoms with Crippen molar-refractivity contribution in [1.82, 2.24) is 0 Å². The van der Waals surface area contributed by atoms with Gasteiger partial charge in [-0.3, -0.25) is 4.79 Å². The average molecular weight is 219 g/mol. The van der Waals surface area contributed by atoms with E-state index >= 15 is 0 Å². The van der Waals surface area contributed by atoms with Crippen LogP contribution in [0.2, 0.25) is 0 Å². The van der Waals surface area contributed by atoms with Gasteiger partial charge in [0.2, 0.25) is 0 Å². The molecule has 0 N–H and O–H groups in total. The SMILES string of the molecule is CC(=O)Cc1ccccc1N1CCOCC1. The van der Waals surface area contributed by atoms with Crippen LogP contribution >= 0.6 is 0 Å². The Morgan fingerprint density at radius 1 is 1.31 bits per heavy atom. The van der Waals surface area contributed by atoms with Crippen molar-refractivity contribution in [2.45, 2.75) is 13.3 Å². The van der Waals surface area contributed by atoms with E-state index in [9.17, 15) is 4.79 Å². The number of ketones is 1. The number of hydrogen-bond acceptors (Lipinski definition) is 3. The summed E-state index contributed by atoms with van der Waals surface area (Å²) in [5, 5.41) is 0. The second kappa shape index (κ2) is 5.12. The predicted molar refractivity (Wildman–Crippen MR) is 63.9 cm³/mol. The molecule has 0 unspecified atom stereocenters. The first-order valence-corrected chi connectivity index (χ1v) is 5.67. The summed E-state index contributed by atoms with van der Waals surface area (Å²) in [5.74, 6) is 0.209. The molecule has 1 aliphatic rings. The smallest absolute Gasteiger partial charge is 0.134 e. The summed E-state index contributed by atoms with van der Waals surface area (Å²) in [7, 11) is 0. The zero-order valence-electron chi connectivity index (χ0n) is 9.61. The summed E-state index contributed by atoms with van der Waals surface area (Å²) in [6.07, 6.45) is 0.521. The van der Waals surface area contributed by atoms with Gasteiger partial charge >= 0.3 is 0 Å². The predicted octanol–water partition coefficient (Wildman–Crippen LogP) is 1.65. The van der Waals surface area contributed by atoms with Crippen LogP contribution in [0.25, 0.3) is 0 Å². The van der Waals surface area contributed by atoms with Crippen molar-refractivity contribution < 1.29 is 9.53 Å². The number of anilines is 1. The van der Waals surface area contributed by atoms with Gasteiger partial charge in [0.05, 0.1) is 13.2 Å². The second-order valence-electron chi connectivity index (χ2n) is 4.11. The van der Waals surface area contributed by atoms with Crippen LogP contribution in [-0.4, -0.2) is 32.1 Å². The first-order valence-electron chi connectivity index (χ1n) is 5.67. The maximum atomic E-state index is 11.2. The molecule has 0 aromatic heterocycles. The molecule has 1 heterocycles. The number of rotatable bonds is 3. The van der Waals surface area contributed by atoms with Crippen LogP contribution in [0, 0.1) is 0 Å². The molecular weight excluding hydrogens is 202 g/mol. The van der Waals surface area contributed by atoms with E-state index in [1.807, 2.05) is 18.2 Å². The highest BCUT2D eigenvalue weighted by molar-refractivity contribution is 5.80. The van der Waals surface area contributed by atoms with Gasteiger partial charge in [0.1, 0.15) is 5.78 Å². The van der Waals surface area contributed by atoms with Crippen LogP contribution in [0.3, 0.4) is 0 Å². The molecule has 0 atom stereocenters. The zero-order valence-corrected chi connectivity index (χ0v) is 9.61. The first kappa shape index (κ1) is 11.1. The van der Waals surface area contributed by atoms with Gasteiger partial charge in [-0.25, -0.2) is 0 Å². The standard InChI is InChI=1S/C13H17NO2/c1-11(15)10-12-4-2-3-5-13(12)14-6-8-16-9-7-14/h2-5H,6-10H2,1H3. The summed E-state index contributed by atoms with van der Waals surface area (Å²) in [6, 6.07) is 8.13. The maximum absolute atomic E-state index is 11.2. The third kappa shape index (κ3) is 2.61. The quantitative estimate of drug-likeness (QED) is 0.774. The number of Topliss-reactive ketones (excluding diaryl/α,β-unsaturated/α-hetero) is 1. The Morgan fingerprint density at radius 3 is 2.69 bits per heavy atom. The second-order valence-corrected chi connectivity index (χ2v) is 4.11. The van der Waals surface area contributed by atoms with E-state index in [2.05, 4.69) is 11.0 Å². The Balaban J connectivity index is 2.20. The molecule has 1 aliphatic heterocycles. The molecule has 0 radical (unpaired) electrons. The molecule has 1 fully saturated rings. The molecule has 2 rings (SSSR count). The van der Waals surface area contributed by atoms with E-state index in [0.29, 0.717) is 6.42 Å². The van der Waals surface area contributed by atoms with E-state index < -0.39 is 0 Å². The highest BCUT2D eigenvalue weighted by Gasteiger charge is 2.14. The summed E-state index contributed by atoms with van der Waals surface area (Å²) >= 11 is 0. The molecule has 3 nitrogen and oxygen atoms in total. The number of nitrogens with zero attached hydrogens (tertiary/aromatic N) is 1. The van der Waals surface area contributed by atoms with Crippen molar-refractivity contribution in [2.24, 2.45) is 0 Å². The van der Waals surface area contributed by atoms with Gasteiger partial charge < -0.3 is 9.64 Å². The molecule has 1 aromatic carbocycles. The maximum Gasteiger partial charge on any atom is 0.134 e. The number of carbonyl (C=O) groups is 1. The lowest BCUT2D eigenvalue weighted by Crippen LogP contribution is -2.36. The molecule has 0 saturated carbocycles. The summed E-state index contributed by atoms with van der Waals surface area (Å²) in [6.45, 7) is 5.00. The fraction of sp³-hybridized carbons (Fsp3) is 0.462. The number of hydrogen-bond donors (Lipinski definition) is 0. The van der Waals surface area contributed by atoms with E-state index in [0.717, 1.165) is 31.9 Å². The summed E-state index contributed by atoms with van der Waals surface area (Å²) in [5.41, 5.74) is 2.30. The van der Waals surface area contributed by atoms with E-state index in [1.54, 1.807) is 6.92 Å². The zero-order chi connectivity index (χ0) is 11.4. The van der Waals surface area contributed by atoms with Crippen molar-refractivity contribution in [3.63, 3.8) is 0 Å². The molecule has 3 heteroatoms. The summed E-state index contributed by atoms with van der Waals surface area (Å²) in [4.78, 5) is 13.5. The lowest BCUT2D eigenvalue weighted by Gasteiger charge is -2.30. The monoisotopic (exact) mass is 219 g/mol. The van der Waals surface area contributed by atoms with Gasteiger partial charge in [0, 0.05) is 25.2 Å². The van der Waals surface area contributed by atoms with Crippen molar-refractivity contribution >= 4 is 11.5 Å². The molecule has 1 aromatic rings. The van der Waals surface area contributed by atoms with E-state index in [4.69, 9.17) is 4.74 Å². The minimum absolute atomic E-state index is 0.209. The molecular formula is C13H17NO2. The molecule has 0 spiro atoms. The van der Waals surface area contributed by atoms with Gasteiger partial charge in [0.15, 0.2) is 0 Å². The van der Waals surface area contributed by atoms with Gasteiger partial charge in [0.25, 0.3) is 0 Å². The van der Waals surface area contributed by atoms with Crippen LogP contribution in [0.5, 0.6) is 0 Å². The highest BCUT2D eigenvalue weighted by atomic mass is 16.5. The largest absolute Gasteiger partial charge is 0.378 e. The lowest BCUT2D eigenvalue weighted by molar-refractivity contribution is -0.116. The lowest BCUT2D eigenvalue weighted by atomic mass is 10.1.